The van der Waals surface area contributed by atoms with Crippen molar-refractivity contribution in [3.05, 3.63) is 42.4 Å². The van der Waals surface area contributed by atoms with Gasteiger partial charge in [0, 0.05) is 31.2 Å². The lowest BCUT2D eigenvalue weighted by molar-refractivity contribution is -0.126. The number of Topliss-reactive ketones (excluding diaryl/α,β-unsaturated/α-hetero) is 1. The van der Waals surface area contributed by atoms with Crippen LogP contribution in [0.4, 0.5) is 0 Å². The first kappa shape index (κ1) is 26.3. The Labute approximate surface area is 206 Å². The van der Waals surface area contributed by atoms with Gasteiger partial charge in [-0.2, -0.15) is 0 Å². The van der Waals surface area contributed by atoms with E-state index in [0.717, 1.165) is 67.4 Å². The van der Waals surface area contributed by atoms with Gasteiger partial charge >= 0.3 is 0 Å². The summed E-state index contributed by atoms with van der Waals surface area (Å²) in [6, 6.07) is 9.97. The molecule has 1 atom stereocenters. The maximum absolute atomic E-state index is 11.3. The highest BCUT2D eigenvalue weighted by atomic mass is 16.5. The zero-order valence-corrected chi connectivity index (χ0v) is 21.0. The standard InChI is InChI=1S/C22H26N2O3.C5H10N2O/c1-3-17(25)11-6-4-5-7-13-21-23-15-20(27-21)18-14-16-10-8-9-12-19(16)24-22(18)26-2;1-7-3-2-4(7)5(6)8/h8-10,12,14-15H,3-7,11,13H2,1-2H3;4H,2-3H2,1H3,(H2,6,8). The number of rotatable bonds is 11. The van der Waals surface area contributed by atoms with Crippen LogP contribution >= 0.6 is 0 Å². The fraction of sp³-hybridized carbons (Fsp3) is 0.481. The van der Waals surface area contributed by atoms with Crippen molar-refractivity contribution in [1.82, 2.24) is 14.9 Å². The SMILES string of the molecule is CCC(=O)CCCCCCc1ncc(-c2cc3ccccc3nc2OC)o1.CN1CCC1C(N)=O. The van der Waals surface area contributed by atoms with E-state index in [2.05, 4.69) is 9.97 Å². The number of primary amides is 1. The predicted molar refractivity (Wildman–Crippen MR) is 136 cm³/mol. The first-order chi connectivity index (χ1) is 16.9. The predicted octanol–water partition coefficient (Wildman–Crippen LogP) is 4.55. The molecule has 3 aromatic rings. The van der Waals surface area contributed by atoms with Crippen molar-refractivity contribution >= 4 is 22.6 Å². The minimum atomic E-state index is -0.196. The van der Waals surface area contributed by atoms with Gasteiger partial charge in [0.2, 0.25) is 11.8 Å². The molecule has 1 aromatic carbocycles. The number of aryl methyl sites for hydroxylation is 1. The lowest BCUT2D eigenvalue weighted by atomic mass is 10.0. The third kappa shape index (κ3) is 7.36. The van der Waals surface area contributed by atoms with Crippen molar-refractivity contribution < 1.29 is 18.7 Å². The Bertz CT molecular complexity index is 1130. The molecule has 1 fully saturated rings. The molecular formula is C27H36N4O4. The van der Waals surface area contributed by atoms with Crippen LogP contribution in [0.2, 0.25) is 0 Å². The van der Waals surface area contributed by atoms with Gasteiger partial charge in [0.25, 0.3) is 0 Å². The van der Waals surface area contributed by atoms with Crippen LogP contribution < -0.4 is 10.5 Å². The maximum Gasteiger partial charge on any atom is 0.234 e. The molecule has 1 saturated heterocycles. The third-order valence-corrected chi connectivity index (χ3v) is 6.31. The fourth-order valence-corrected chi connectivity index (χ4v) is 3.99. The van der Waals surface area contributed by atoms with Gasteiger partial charge in [-0.15, -0.1) is 0 Å². The van der Waals surface area contributed by atoms with Gasteiger partial charge in [0.1, 0.15) is 5.78 Å². The number of likely N-dealkylation sites (tertiary alicyclic amines) is 1. The molecule has 1 aliphatic rings. The number of hydrogen-bond donors (Lipinski definition) is 1. The Morgan fingerprint density at radius 2 is 1.97 bits per heavy atom. The summed E-state index contributed by atoms with van der Waals surface area (Å²) in [5, 5.41) is 1.04. The van der Waals surface area contributed by atoms with Crippen molar-refractivity contribution in [3.63, 3.8) is 0 Å². The van der Waals surface area contributed by atoms with E-state index in [-0.39, 0.29) is 11.9 Å². The number of benzene rings is 1. The molecule has 4 rings (SSSR count). The number of ketones is 1. The number of likely N-dealkylation sites (N-methyl/N-ethyl adjacent to an activating group) is 1. The number of fused-ring (bicyclic) bond motifs is 1. The Morgan fingerprint density at radius 1 is 1.20 bits per heavy atom. The second kappa shape index (κ2) is 13.0. The van der Waals surface area contributed by atoms with Crippen LogP contribution in [0, 0.1) is 0 Å². The van der Waals surface area contributed by atoms with Gasteiger partial charge < -0.3 is 14.9 Å². The molecule has 2 N–H and O–H groups in total. The summed E-state index contributed by atoms with van der Waals surface area (Å²) in [4.78, 5) is 32.6. The summed E-state index contributed by atoms with van der Waals surface area (Å²) < 4.78 is 11.4. The zero-order chi connectivity index (χ0) is 25.2. The number of oxazole rings is 1. The molecule has 3 heterocycles. The van der Waals surface area contributed by atoms with Crippen LogP contribution in [0.3, 0.4) is 0 Å². The topological polar surface area (TPSA) is 112 Å². The number of carbonyl (C=O) groups is 2. The largest absolute Gasteiger partial charge is 0.480 e. The summed E-state index contributed by atoms with van der Waals surface area (Å²) >= 11 is 0. The van der Waals surface area contributed by atoms with E-state index < -0.39 is 0 Å². The average Bonchev–Trinajstić information content (AvgIpc) is 3.32. The Kier molecular flexibility index (Phi) is 9.78. The quantitative estimate of drug-likeness (QED) is 0.401. The number of hydrogen-bond acceptors (Lipinski definition) is 7. The monoisotopic (exact) mass is 480 g/mol. The summed E-state index contributed by atoms with van der Waals surface area (Å²) in [6.45, 7) is 2.93. The second-order valence-corrected chi connectivity index (χ2v) is 8.85. The second-order valence-electron chi connectivity index (χ2n) is 8.85. The summed E-state index contributed by atoms with van der Waals surface area (Å²) in [5.41, 5.74) is 6.71. The van der Waals surface area contributed by atoms with E-state index in [1.54, 1.807) is 13.3 Å². The van der Waals surface area contributed by atoms with Gasteiger partial charge in [0.05, 0.1) is 30.4 Å². The van der Waals surface area contributed by atoms with Gasteiger partial charge in [-0.1, -0.05) is 38.0 Å². The van der Waals surface area contributed by atoms with Crippen molar-refractivity contribution in [1.29, 1.82) is 0 Å². The van der Waals surface area contributed by atoms with Gasteiger partial charge in [-0.25, -0.2) is 9.97 Å². The molecule has 0 saturated carbocycles. The van der Waals surface area contributed by atoms with Gasteiger partial charge in [-0.05, 0) is 38.4 Å². The van der Waals surface area contributed by atoms with E-state index in [1.807, 2.05) is 49.2 Å². The molecule has 0 bridgehead atoms. The molecule has 0 spiro atoms. The summed E-state index contributed by atoms with van der Waals surface area (Å²) in [5.74, 6) is 2.10. The lowest BCUT2D eigenvalue weighted by Crippen LogP contribution is -2.52. The number of nitrogens with two attached hydrogens (primary N) is 1. The number of carbonyl (C=O) groups excluding carboxylic acids is 2. The number of methoxy groups -OCH3 is 1. The summed E-state index contributed by atoms with van der Waals surface area (Å²) in [6.07, 6.45) is 8.95. The first-order valence-corrected chi connectivity index (χ1v) is 12.3. The molecule has 2 aromatic heterocycles. The zero-order valence-electron chi connectivity index (χ0n) is 21.0. The molecule has 1 unspecified atom stereocenters. The number of para-hydroxylation sites is 1. The third-order valence-electron chi connectivity index (χ3n) is 6.31. The minimum Gasteiger partial charge on any atom is -0.480 e. The average molecular weight is 481 g/mol. The summed E-state index contributed by atoms with van der Waals surface area (Å²) in [7, 11) is 3.51. The number of pyridine rings is 1. The molecule has 8 heteroatoms. The highest BCUT2D eigenvalue weighted by Gasteiger charge is 2.28. The van der Waals surface area contributed by atoms with E-state index >= 15 is 0 Å². The minimum absolute atomic E-state index is 0.0231. The number of amides is 1. The Morgan fingerprint density at radius 3 is 2.60 bits per heavy atom. The maximum atomic E-state index is 11.3. The lowest BCUT2D eigenvalue weighted by Gasteiger charge is -2.34. The van der Waals surface area contributed by atoms with E-state index in [0.29, 0.717) is 30.3 Å². The molecular weight excluding hydrogens is 444 g/mol. The van der Waals surface area contributed by atoms with E-state index in [1.165, 1.54) is 0 Å². The van der Waals surface area contributed by atoms with Crippen LogP contribution in [-0.4, -0.2) is 53.3 Å². The Hall–Kier alpha value is -3.26. The molecule has 188 valence electrons. The highest BCUT2D eigenvalue weighted by Crippen LogP contribution is 2.32. The Balaban J connectivity index is 0.000000363. The van der Waals surface area contributed by atoms with Gasteiger partial charge in [0.15, 0.2) is 11.7 Å². The molecule has 1 aliphatic heterocycles. The van der Waals surface area contributed by atoms with Crippen molar-refractivity contribution in [2.45, 2.75) is 64.3 Å². The van der Waals surface area contributed by atoms with E-state index in [9.17, 15) is 9.59 Å². The first-order valence-electron chi connectivity index (χ1n) is 12.3. The van der Waals surface area contributed by atoms with Crippen molar-refractivity contribution in [3.8, 4) is 17.2 Å². The molecule has 0 radical (unpaired) electrons. The van der Waals surface area contributed by atoms with Crippen LogP contribution in [0.15, 0.2) is 40.9 Å². The number of aromatic nitrogens is 2. The van der Waals surface area contributed by atoms with Crippen LogP contribution in [0.1, 0.15) is 57.8 Å². The van der Waals surface area contributed by atoms with Crippen molar-refractivity contribution in [2.75, 3.05) is 20.7 Å². The van der Waals surface area contributed by atoms with Gasteiger partial charge in [-0.3, -0.25) is 14.5 Å². The molecule has 1 amide bonds. The molecule has 8 nitrogen and oxygen atoms in total. The highest BCUT2D eigenvalue weighted by molar-refractivity contribution is 5.85. The molecule has 0 aliphatic carbocycles. The normalized spacial score (nSPS) is 15.2. The van der Waals surface area contributed by atoms with Crippen molar-refractivity contribution in [2.24, 2.45) is 5.73 Å². The number of unbranched alkanes of at least 4 members (excludes halogenated alkanes) is 3. The molecule has 35 heavy (non-hydrogen) atoms. The van der Waals surface area contributed by atoms with Crippen LogP contribution in [0.5, 0.6) is 5.88 Å². The van der Waals surface area contributed by atoms with Crippen LogP contribution in [-0.2, 0) is 16.0 Å². The fourth-order valence-electron chi connectivity index (χ4n) is 3.99. The number of ether oxygens (including phenoxy) is 1. The smallest absolute Gasteiger partial charge is 0.234 e. The van der Waals surface area contributed by atoms with E-state index in [4.69, 9.17) is 14.9 Å². The van der Waals surface area contributed by atoms with Crippen LogP contribution in [0.25, 0.3) is 22.2 Å². The number of nitrogens with zero attached hydrogens (tertiary/aromatic N) is 3.